The Hall–Kier alpha value is -1.82. The van der Waals surface area contributed by atoms with Crippen molar-refractivity contribution in [3.05, 3.63) is 29.8 Å². The lowest BCUT2D eigenvalue weighted by atomic mass is 10.3. The van der Waals surface area contributed by atoms with Crippen molar-refractivity contribution in [2.45, 2.75) is 6.92 Å². The SMILES string of the molecule is Cc1cc2cc(C#N)oc2cn1. The number of pyridine rings is 1. The van der Waals surface area contributed by atoms with Crippen molar-refractivity contribution in [3.8, 4) is 6.07 Å². The van der Waals surface area contributed by atoms with E-state index in [9.17, 15) is 0 Å². The van der Waals surface area contributed by atoms with E-state index in [1.165, 1.54) is 0 Å². The van der Waals surface area contributed by atoms with Gasteiger partial charge >= 0.3 is 0 Å². The lowest BCUT2D eigenvalue weighted by Gasteiger charge is -1.88. The van der Waals surface area contributed by atoms with Gasteiger partial charge in [-0.15, -0.1) is 0 Å². The average molecular weight is 158 g/mol. The smallest absolute Gasteiger partial charge is 0.204 e. The largest absolute Gasteiger partial charge is 0.444 e. The third-order valence-corrected chi connectivity index (χ3v) is 1.65. The molecular weight excluding hydrogens is 152 g/mol. The van der Waals surface area contributed by atoms with Gasteiger partial charge < -0.3 is 4.42 Å². The van der Waals surface area contributed by atoms with Gasteiger partial charge in [0.05, 0.1) is 6.20 Å². The van der Waals surface area contributed by atoms with E-state index < -0.39 is 0 Å². The fourth-order valence-electron chi connectivity index (χ4n) is 1.11. The predicted molar refractivity (Wildman–Crippen MR) is 43.5 cm³/mol. The highest BCUT2D eigenvalue weighted by Crippen LogP contribution is 2.17. The van der Waals surface area contributed by atoms with E-state index in [4.69, 9.17) is 9.68 Å². The Balaban J connectivity index is 2.77. The molecule has 58 valence electrons. The number of furan rings is 1. The monoisotopic (exact) mass is 158 g/mol. The first-order chi connectivity index (χ1) is 5.79. The second-order valence-corrected chi connectivity index (χ2v) is 2.59. The molecule has 2 aromatic rings. The summed E-state index contributed by atoms with van der Waals surface area (Å²) in [5.41, 5.74) is 1.59. The third-order valence-electron chi connectivity index (χ3n) is 1.65. The molecule has 0 aliphatic carbocycles. The van der Waals surface area contributed by atoms with Crippen LogP contribution in [0.15, 0.2) is 22.7 Å². The van der Waals surface area contributed by atoms with Crippen molar-refractivity contribution < 1.29 is 4.42 Å². The number of hydrogen-bond donors (Lipinski definition) is 0. The van der Waals surface area contributed by atoms with Crippen LogP contribution in [0.1, 0.15) is 11.5 Å². The van der Waals surface area contributed by atoms with E-state index >= 15 is 0 Å². The maximum atomic E-state index is 8.54. The van der Waals surface area contributed by atoms with Gasteiger partial charge in [-0.05, 0) is 13.0 Å². The van der Waals surface area contributed by atoms with Crippen LogP contribution in [0.3, 0.4) is 0 Å². The van der Waals surface area contributed by atoms with Crippen molar-refractivity contribution >= 4 is 11.0 Å². The van der Waals surface area contributed by atoms with Crippen LogP contribution in [-0.4, -0.2) is 4.98 Å². The number of nitriles is 1. The minimum atomic E-state index is 0.331. The molecule has 0 bridgehead atoms. The zero-order chi connectivity index (χ0) is 8.55. The van der Waals surface area contributed by atoms with Crippen molar-refractivity contribution in [1.29, 1.82) is 5.26 Å². The number of nitrogens with zero attached hydrogens (tertiary/aromatic N) is 2. The number of fused-ring (bicyclic) bond motifs is 1. The van der Waals surface area contributed by atoms with Crippen molar-refractivity contribution in [1.82, 2.24) is 4.98 Å². The summed E-state index contributed by atoms with van der Waals surface area (Å²) in [5.74, 6) is 0.331. The van der Waals surface area contributed by atoms with Crippen molar-refractivity contribution in [3.63, 3.8) is 0 Å². The molecule has 0 amide bonds. The molecule has 0 atom stereocenters. The summed E-state index contributed by atoms with van der Waals surface area (Å²) in [7, 11) is 0. The zero-order valence-corrected chi connectivity index (χ0v) is 6.53. The molecule has 0 aliphatic rings. The highest BCUT2D eigenvalue weighted by molar-refractivity contribution is 5.78. The van der Waals surface area contributed by atoms with E-state index in [2.05, 4.69) is 4.98 Å². The predicted octanol–water partition coefficient (Wildman–Crippen LogP) is 2.01. The molecule has 2 aromatic heterocycles. The maximum absolute atomic E-state index is 8.54. The molecule has 2 rings (SSSR count). The van der Waals surface area contributed by atoms with Crippen LogP contribution in [0.25, 0.3) is 11.0 Å². The van der Waals surface area contributed by atoms with Gasteiger partial charge in [-0.1, -0.05) is 0 Å². The zero-order valence-electron chi connectivity index (χ0n) is 6.53. The van der Waals surface area contributed by atoms with Crippen LogP contribution < -0.4 is 0 Å². The fourth-order valence-corrected chi connectivity index (χ4v) is 1.11. The van der Waals surface area contributed by atoms with Gasteiger partial charge in [0, 0.05) is 17.1 Å². The highest BCUT2D eigenvalue weighted by Gasteiger charge is 2.02. The van der Waals surface area contributed by atoms with Gasteiger partial charge in [-0.2, -0.15) is 5.26 Å². The highest BCUT2D eigenvalue weighted by atomic mass is 16.3. The van der Waals surface area contributed by atoms with Crippen molar-refractivity contribution in [2.24, 2.45) is 0 Å². The summed E-state index contributed by atoms with van der Waals surface area (Å²) < 4.78 is 5.15. The molecule has 12 heavy (non-hydrogen) atoms. The van der Waals surface area contributed by atoms with E-state index in [-0.39, 0.29) is 0 Å². The maximum Gasteiger partial charge on any atom is 0.204 e. The van der Waals surface area contributed by atoms with Gasteiger partial charge in [0.15, 0.2) is 5.58 Å². The van der Waals surface area contributed by atoms with Gasteiger partial charge in [-0.3, -0.25) is 4.98 Å². The standard InChI is InChI=1S/C9H6N2O/c1-6-2-7-3-8(4-10)12-9(7)5-11-6/h2-3,5H,1H3. The first kappa shape index (κ1) is 6.86. The molecule has 0 unspecified atom stereocenters. The molecule has 0 aromatic carbocycles. The fraction of sp³-hybridized carbons (Fsp3) is 0.111. The van der Waals surface area contributed by atoms with E-state index in [0.717, 1.165) is 11.1 Å². The summed E-state index contributed by atoms with van der Waals surface area (Å²) >= 11 is 0. The van der Waals surface area contributed by atoms with Gasteiger partial charge in [0.2, 0.25) is 5.76 Å². The normalized spacial score (nSPS) is 10.0. The first-order valence-electron chi connectivity index (χ1n) is 3.56. The van der Waals surface area contributed by atoms with E-state index in [0.29, 0.717) is 11.3 Å². The molecule has 3 heteroatoms. The summed E-state index contributed by atoms with van der Waals surface area (Å²) in [6, 6.07) is 5.54. The lowest BCUT2D eigenvalue weighted by Crippen LogP contribution is -1.76. The van der Waals surface area contributed by atoms with Crippen LogP contribution in [0, 0.1) is 18.3 Å². The number of rotatable bonds is 0. The van der Waals surface area contributed by atoms with Crippen LogP contribution in [0.5, 0.6) is 0 Å². The molecule has 2 heterocycles. The average Bonchev–Trinajstić information content (AvgIpc) is 2.46. The molecule has 0 saturated carbocycles. The Morgan fingerprint density at radius 3 is 3.08 bits per heavy atom. The van der Waals surface area contributed by atoms with E-state index in [1.54, 1.807) is 12.3 Å². The quantitative estimate of drug-likeness (QED) is 0.589. The molecule has 0 radical (unpaired) electrons. The second-order valence-electron chi connectivity index (χ2n) is 2.59. The minimum Gasteiger partial charge on any atom is -0.444 e. The molecular formula is C9H6N2O. The topological polar surface area (TPSA) is 49.8 Å². The summed E-state index contributed by atoms with van der Waals surface area (Å²) in [6.07, 6.45) is 1.63. The van der Waals surface area contributed by atoms with Gasteiger partial charge in [0.1, 0.15) is 6.07 Å². The Bertz CT molecular complexity index is 465. The van der Waals surface area contributed by atoms with Crippen LogP contribution in [0.2, 0.25) is 0 Å². The molecule has 0 saturated heterocycles. The minimum absolute atomic E-state index is 0.331. The lowest BCUT2D eigenvalue weighted by molar-refractivity contribution is 0.598. The molecule has 0 aliphatic heterocycles. The Morgan fingerprint density at radius 2 is 2.33 bits per heavy atom. The first-order valence-corrected chi connectivity index (χ1v) is 3.56. The third kappa shape index (κ3) is 0.940. The molecule has 3 nitrogen and oxygen atoms in total. The van der Waals surface area contributed by atoms with Crippen LogP contribution in [-0.2, 0) is 0 Å². The van der Waals surface area contributed by atoms with Crippen LogP contribution in [0.4, 0.5) is 0 Å². The van der Waals surface area contributed by atoms with Crippen LogP contribution >= 0.6 is 0 Å². The molecule has 0 N–H and O–H groups in total. The van der Waals surface area contributed by atoms with Gasteiger partial charge in [-0.25, -0.2) is 0 Å². The molecule has 0 fully saturated rings. The summed E-state index contributed by atoms with van der Waals surface area (Å²) in [6.45, 7) is 1.90. The number of hydrogen-bond acceptors (Lipinski definition) is 3. The number of aromatic nitrogens is 1. The van der Waals surface area contributed by atoms with Crippen molar-refractivity contribution in [2.75, 3.05) is 0 Å². The summed E-state index contributed by atoms with van der Waals surface area (Å²) in [4.78, 5) is 4.05. The Morgan fingerprint density at radius 1 is 1.50 bits per heavy atom. The second kappa shape index (κ2) is 2.35. The van der Waals surface area contributed by atoms with Gasteiger partial charge in [0.25, 0.3) is 0 Å². The van der Waals surface area contributed by atoms with E-state index in [1.807, 2.05) is 19.1 Å². The Kier molecular flexibility index (Phi) is 1.34. The number of aryl methyl sites for hydroxylation is 1. The summed E-state index contributed by atoms with van der Waals surface area (Å²) in [5, 5.41) is 9.47. The Labute approximate surface area is 69.2 Å². The molecule has 0 spiro atoms.